The highest BCUT2D eigenvalue weighted by Crippen LogP contribution is 2.44. The Morgan fingerprint density at radius 3 is 1.89 bits per heavy atom. The molecule has 0 saturated carbocycles. The van der Waals surface area contributed by atoms with Crippen LogP contribution in [0.2, 0.25) is 16.6 Å². The van der Waals surface area contributed by atoms with E-state index < -0.39 is 8.32 Å². The van der Waals surface area contributed by atoms with Gasteiger partial charge in [0, 0.05) is 6.42 Å². The summed E-state index contributed by atoms with van der Waals surface area (Å²) in [5.74, 6) is 1.23. The first kappa shape index (κ1) is 15.6. The molecular formula is C16H30OSi. The second kappa shape index (κ2) is 6.09. The van der Waals surface area contributed by atoms with Gasteiger partial charge in [-0.3, -0.25) is 0 Å². The Bertz CT molecular complexity index is 315. The Morgan fingerprint density at radius 1 is 1.00 bits per heavy atom. The van der Waals surface area contributed by atoms with Crippen LogP contribution in [0.3, 0.4) is 0 Å². The Balaban J connectivity index is 3.02. The molecule has 0 spiro atoms. The van der Waals surface area contributed by atoms with E-state index in [0.29, 0.717) is 16.6 Å². The predicted octanol–water partition coefficient (Wildman–Crippen LogP) is 5.80. The Labute approximate surface area is 114 Å². The normalized spacial score (nSPS) is 17.2. The molecule has 0 unspecified atom stereocenters. The zero-order valence-electron chi connectivity index (χ0n) is 13.2. The van der Waals surface area contributed by atoms with Crippen LogP contribution in [0, 0.1) is 0 Å². The van der Waals surface area contributed by atoms with Crippen LogP contribution in [0.15, 0.2) is 23.5 Å². The van der Waals surface area contributed by atoms with Crippen molar-refractivity contribution in [2.45, 2.75) is 77.9 Å². The molecule has 1 aliphatic carbocycles. The smallest absolute Gasteiger partial charge is 0.258 e. The lowest BCUT2D eigenvalue weighted by Crippen LogP contribution is -2.47. The summed E-state index contributed by atoms with van der Waals surface area (Å²) in [6.45, 7) is 16.2. The highest BCUT2D eigenvalue weighted by Gasteiger charge is 2.47. The number of allylic oxidation sites excluding steroid dienone is 4. The van der Waals surface area contributed by atoms with Gasteiger partial charge in [0.2, 0.25) is 0 Å². The van der Waals surface area contributed by atoms with Gasteiger partial charge in [-0.25, -0.2) is 0 Å². The standard InChI is InChI=1S/C16H30OSi/c1-12(2)18(13(3)4,14(5)6)17-16-10-8-9-15(7)11-16/h9,11-14H,8,10H2,1-7H3. The van der Waals surface area contributed by atoms with Crippen LogP contribution in [0.1, 0.15) is 61.3 Å². The molecule has 0 aromatic carbocycles. The maximum Gasteiger partial charge on any atom is 0.258 e. The lowest BCUT2D eigenvalue weighted by molar-refractivity contribution is 0.353. The molecule has 0 saturated heterocycles. The van der Waals surface area contributed by atoms with Gasteiger partial charge in [0.1, 0.15) is 0 Å². The first-order valence-corrected chi connectivity index (χ1v) is 9.51. The van der Waals surface area contributed by atoms with Gasteiger partial charge in [-0.15, -0.1) is 0 Å². The van der Waals surface area contributed by atoms with Crippen molar-refractivity contribution < 1.29 is 4.43 Å². The highest BCUT2D eigenvalue weighted by atomic mass is 28.4. The van der Waals surface area contributed by atoms with E-state index in [1.165, 1.54) is 11.3 Å². The molecule has 0 amide bonds. The van der Waals surface area contributed by atoms with E-state index in [2.05, 4.69) is 60.6 Å². The molecule has 0 aromatic heterocycles. The number of hydrogen-bond donors (Lipinski definition) is 0. The molecular weight excluding hydrogens is 236 g/mol. The van der Waals surface area contributed by atoms with Crippen molar-refractivity contribution in [3.05, 3.63) is 23.5 Å². The van der Waals surface area contributed by atoms with Crippen molar-refractivity contribution in [3.63, 3.8) is 0 Å². The first-order chi connectivity index (χ1) is 8.30. The third-order valence-corrected chi connectivity index (χ3v) is 10.3. The number of hydrogen-bond acceptors (Lipinski definition) is 1. The monoisotopic (exact) mass is 266 g/mol. The predicted molar refractivity (Wildman–Crippen MR) is 83.2 cm³/mol. The van der Waals surface area contributed by atoms with E-state index in [1.54, 1.807) is 0 Å². The van der Waals surface area contributed by atoms with Gasteiger partial charge in [-0.2, -0.15) is 0 Å². The molecule has 18 heavy (non-hydrogen) atoms. The summed E-state index contributed by atoms with van der Waals surface area (Å²) in [4.78, 5) is 0. The largest absolute Gasteiger partial charge is 0.546 e. The Morgan fingerprint density at radius 2 is 1.50 bits per heavy atom. The van der Waals surface area contributed by atoms with Crippen molar-refractivity contribution in [1.82, 2.24) is 0 Å². The van der Waals surface area contributed by atoms with Crippen LogP contribution in [-0.4, -0.2) is 8.32 Å². The zero-order valence-corrected chi connectivity index (χ0v) is 14.2. The van der Waals surface area contributed by atoms with E-state index in [9.17, 15) is 0 Å². The van der Waals surface area contributed by atoms with Gasteiger partial charge in [-0.1, -0.05) is 53.2 Å². The third-order valence-electron chi connectivity index (χ3n) is 4.26. The maximum absolute atomic E-state index is 6.69. The van der Waals surface area contributed by atoms with E-state index in [4.69, 9.17) is 4.43 Å². The van der Waals surface area contributed by atoms with Crippen molar-refractivity contribution in [2.24, 2.45) is 0 Å². The molecule has 2 heteroatoms. The number of rotatable bonds is 5. The highest BCUT2D eigenvalue weighted by molar-refractivity contribution is 6.77. The molecule has 1 rings (SSSR count). The van der Waals surface area contributed by atoms with Crippen LogP contribution in [0.25, 0.3) is 0 Å². The van der Waals surface area contributed by atoms with Crippen molar-refractivity contribution >= 4 is 8.32 Å². The molecule has 104 valence electrons. The fourth-order valence-electron chi connectivity index (χ4n) is 3.49. The van der Waals surface area contributed by atoms with Gasteiger partial charge in [0.15, 0.2) is 0 Å². The van der Waals surface area contributed by atoms with Gasteiger partial charge in [-0.05, 0) is 36.0 Å². The van der Waals surface area contributed by atoms with E-state index in [-0.39, 0.29) is 0 Å². The second-order valence-corrected chi connectivity index (χ2v) is 11.9. The molecule has 0 atom stereocenters. The van der Waals surface area contributed by atoms with Crippen molar-refractivity contribution in [2.75, 3.05) is 0 Å². The maximum atomic E-state index is 6.69. The molecule has 0 N–H and O–H groups in total. The third kappa shape index (κ3) is 3.08. The topological polar surface area (TPSA) is 9.23 Å². The molecule has 0 heterocycles. The zero-order chi connectivity index (χ0) is 13.9. The fraction of sp³-hybridized carbons (Fsp3) is 0.750. The van der Waals surface area contributed by atoms with E-state index >= 15 is 0 Å². The molecule has 1 aliphatic rings. The summed E-state index contributed by atoms with van der Waals surface area (Å²) >= 11 is 0. The van der Waals surface area contributed by atoms with Gasteiger partial charge in [0.25, 0.3) is 8.32 Å². The summed E-state index contributed by atoms with van der Waals surface area (Å²) < 4.78 is 6.69. The minimum atomic E-state index is -1.74. The van der Waals surface area contributed by atoms with Gasteiger partial charge in [0.05, 0.1) is 5.76 Å². The van der Waals surface area contributed by atoms with Crippen molar-refractivity contribution in [3.8, 4) is 0 Å². The Kier molecular flexibility index (Phi) is 5.27. The summed E-state index contributed by atoms with van der Waals surface area (Å²) in [5.41, 5.74) is 3.33. The molecule has 0 aliphatic heterocycles. The second-order valence-electron chi connectivity index (χ2n) is 6.52. The summed E-state index contributed by atoms with van der Waals surface area (Å²) in [5, 5.41) is 0. The fourth-order valence-corrected chi connectivity index (χ4v) is 8.81. The average Bonchev–Trinajstić information content (AvgIpc) is 2.24. The summed E-state index contributed by atoms with van der Waals surface area (Å²) in [7, 11) is -1.74. The SMILES string of the molecule is CC1=CCCC(O[Si](C(C)C)(C(C)C)C(C)C)=C1. The summed E-state index contributed by atoms with van der Waals surface area (Å²) in [6.07, 6.45) is 6.77. The van der Waals surface area contributed by atoms with Crippen LogP contribution in [0.5, 0.6) is 0 Å². The molecule has 0 fully saturated rings. The molecule has 0 radical (unpaired) electrons. The lowest BCUT2D eigenvalue weighted by Gasteiger charge is -2.43. The molecule has 1 nitrogen and oxygen atoms in total. The van der Waals surface area contributed by atoms with Crippen LogP contribution in [0.4, 0.5) is 0 Å². The van der Waals surface area contributed by atoms with Gasteiger partial charge < -0.3 is 4.43 Å². The van der Waals surface area contributed by atoms with E-state index in [1.807, 2.05) is 0 Å². The molecule has 0 aromatic rings. The van der Waals surface area contributed by atoms with Crippen molar-refractivity contribution in [1.29, 1.82) is 0 Å². The summed E-state index contributed by atoms with van der Waals surface area (Å²) in [6, 6.07) is 0. The van der Waals surface area contributed by atoms with Crippen LogP contribution >= 0.6 is 0 Å². The van der Waals surface area contributed by atoms with Gasteiger partial charge >= 0.3 is 0 Å². The Hall–Kier alpha value is -0.503. The molecule has 0 bridgehead atoms. The minimum Gasteiger partial charge on any atom is -0.546 e. The quantitative estimate of drug-likeness (QED) is 0.571. The lowest BCUT2D eigenvalue weighted by atomic mass is 10.1. The average molecular weight is 267 g/mol. The van der Waals surface area contributed by atoms with Crippen LogP contribution in [-0.2, 0) is 4.43 Å². The minimum absolute atomic E-state index is 0.657. The van der Waals surface area contributed by atoms with Crippen LogP contribution < -0.4 is 0 Å². The van der Waals surface area contributed by atoms with E-state index in [0.717, 1.165) is 12.8 Å². The first-order valence-electron chi connectivity index (χ1n) is 7.37.